The summed E-state index contributed by atoms with van der Waals surface area (Å²) in [5.74, 6) is -2.85. The van der Waals surface area contributed by atoms with Gasteiger partial charge in [0.05, 0.1) is 14.2 Å². The number of hydrogen-bond acceptors (Lipinski definition) is 6. The van der Waals surface area contributed by atoms with Gasteiger partial charge in [0.1, 0.15) is 11.3 Å². The number of hydrogen-bond donors (Lipinski definition) is 1. The van der Waals surface area contributed by atoms with Gasteiger partial charge < -0.3 is 19.3 Å². The van der Waals surface area contributed by atoms with Crippen molar-refractivity contribution in [3.8, 4) is 5.75 Å². The Morgan fingerprint density at radius 3 is 2.27 bits per heavy atom. The molecular formula is C14H13ClO7. The van der Waals surface area contributed by atoms with Crippen LogP contribution in [0.5, 0.6) is 5.75 Å². The van der Waals surface area contributed by atoms with Gasteiger partial charge in [0.2, 0.25) is 0 Å². The molecule has 1 aromatic rings. The molecule has 0 amide bonds. The van der Waals surface area contributed by atoms with Gasteiger partial charge in [0.15, 0.2) is 6.61 Å². The van der Waals surface area contributed by atoms with E-state index in [1.54, 1.807) is 0 Å². The van der Waals surface area contributed by atoms with E-state index in [2.05, 4.69) is 9.47 Å². The number of ether oxygens (including phenoxy) is 3. The van der Waals surface area contributed by atoms with Crippen molar-refractivity contribution < 1.29 is 33.7 Å². The van der Waals surface area contributed by atoms with Crippen molar-refractivity contribution in [3.05, 3.63) is 34.4 Å². The zero-order valence-corrected chi connectivity index (χ0v) is 12.5. The van der Waals surface area contributed by atoms with Crippen LogP contribution in [-0.2, 0) is 23.9 Å². The van der Waals surface area contributed by atoms with E-state index in [9.17, 15) is 14.4 Å². The molecule has 1 N–H and O–H groups in total. The Bertz CT molecular complexity index is 604. The summed E-state index contributed by atoms with van der Waals surface area (Å²) in [7, 11) is 2.22. The first-order valence-electron chi connectivity index (χ1n) is 5.91. The van der Waals surface area contributed by atoms with Gasteiger partial charge in [-0.25, -0.2) is 14.4 Å². The third kappa shape index (κ3) is 4.78. The molecule has 0 bridgehead atoms. The predicted octanol–water partition coefficient (Wildman–Crippen LogP) is 1.53. The second-order valence-corrected chi connectivity index (χ2v) is 4.34. The Hall–Kier alpha value is -2.54. The van der Waals surface area contributed by atoms with Crippen LogP contribution in [-0.4, -0.2) is 43.8 Å². The maximum atomic E-state index is 11.6. The lowest BCUT2D eigenvalue weighted by Crippen LogP contribution is -2.16. The average Bonchev–Trinajstić information content (AvgIpc) is 2.50. The minimum atomic E-state index is -1.17. The molecule has 0 unspecified atom stereocenters. The maximum Gasteiger partial charge on any atom is 0.345 e. The number of benzene rings is 1. The molecular weight excluding hydrogens is 316 g/mol. The predicted molar refractivity (Wildman–Crippen MR) is 76.6 cm³/mol. The standard InChI is InChI=1S/C14H13ClO7/c1-20-13(18)10(14(19)21-2)6-8-5-9(15)3-4-11(8)22-7-12(16)17/h3-6H,7H2,1-2H3,(H,16,17). The Labute approximate surface area is 131 Å². The van der Waals surface area contributed by atoms with E-state index in [1.165, 1.54) is 18.2 Å². The highest BCUT2D eigenvalue weighted by Gasteiger charge is 2.20. The van der Waals surface area contributed by atoms with Crippen LogP contribution in [0, 0.1) is 0 Å². The number of aliphatic carboxylic acids is 1. The molecule has 0 atom stereocenters. The summed E-state index contributed by atoms with van der Waals surface area (Å²) in [6, 6.07) is 4.31. The monoisotopic (exact) mass is 328 g/mol. The highest BCUT2D eigenvalue weighted by atomic mass is 35.5. The van der Waals surface area contributed by atoms with E-state index in [0.29, 0.717) is 5.02 Å². The van der Waals surface area contributed by atoms with Crippen LogP contribution in [0.1, 0.15) is 5.56 Å². The Kier molecular flexibility index (Phi) is 6.40. The van der Waals surface area contributed by atoms with Crippen molar-refractivity contribution in [2.75, 3.05) is 20.8 Å². The van der Waals surface area contributed by atoms with Gasteiger partial charge in [-0.2, -0.15) is 0 Å². The molecule has 0 saturated heterocycles. The highest BCUT2D eigenvalue weighted by Crippen LogP contribution is 2.26. The molecule has 0 fully saturated rings. The van der Waals surface area contributed by atoms with Crippen molar-refractivity contribution in [1.82, 2.24) is 0 Å². The minimum Gasteiger partial charge on any atom is -0.481 e. The summed E-state index contributed by atoms with van der Waals surface area (Å²) in [5.41, 5.74) is -0.146. The fourth-order valence-corrected chi connectivity index (χ4v) is 1.66. The summed E-state index contributed by atoms with van der Waals surface area (Å²) < 4.78 is 14.1. The first-order valence-corrected chi connectivity index (χ1v) is 6.29. The highest BCUT2D eigenvalue weighted by molar-refractivity contribution is 6.30. The number of esters is 2. The molecule has 0 aromatic heterocycles. The van der Waals surface area contributed by atoms with Gasteiger partial charge in [-0.05, 0) is 24.3 Å². The van der Waals surface area contributed by atoms with E-state index in [-0.39, 0.29) is 16.9 Å². The van der Waals surface area contributed by atoms with Crippen LogP contribution >= 0.6 is 11.6 Å². The molecule has 118 valence electrons. The minimum absolute atomic E-state index is 0.136. The van der Waals surface area contributed by atoms with Crippen LogP contribution in [0.15, 0.2) is 23.8 Å². The summed E-state index contributed by atoms with van der Waals surface area (Å²) >= 11 is 5.86. The lowest BCUT2D eigenvalue weighted by atomic mass is 10.1. The number of carboxylic acids is 1. The fourth-order valence-electron chi connectivity index (χ4n) is 1.48. The molecule has 0 radical (unpaired) electrons. The summed E-state index contributed by atoms with van der Waals surface area (Å²) in [4.78, 5) is 33.8. The van der Waals surface area contributed by atoms with Gasteiger partial charge >= 0.3 is 17.9 Å². The Balaban J connectivity index is 3.28. The van der Waals surface area contributed by atoms with Crippen molar-refractivity contribution in [3.63, 3.8) is 0 Å². The first kappa shape index (κ1) is 17.5. The molecule has 1 rings (SSSR count). The largest absolute Gasteiger partial charge is 0.481 e. The molecule has 7 nitrogen and oxygen atoms in total. The molecule has 0 heterocycles. The van der Waals surface area contributed by atoms with Gasteiger partial charge in [-0.15, -0.1) is 0 Å². The van der Waals surface area contributed by atoms with E-state index in [0.717, 1.165) is 20.3 Å². The second kappa shape index (κ2) is 8.04. The van der Waals surface area contributed by atoms with Crippen LogP contribution in [0.3, 0.4) is 0 Å². The fraction of sp³-hybridized carbons (Fsp3) is 0.214. The first-order chi connectivity index (χ1) is 10.4. The normalized spacial score (nSPS) is 9.59. The number of rotatable bonds is 6. The van der Waals surface area contributed by atoms with Gasteiger partial charge in [0, 0.05) is 10.6 Å². The van der Waals surface area contributed by atoms with E-state index >= 15 is 0 Å². The Morgan fingerprint density at radius 2 is 1.77 bits per heavy atom. The van der Waals surface area contributed by atoms with Crippen molar-refractivity contribution in [2.45, 2.75) is 0 Å². The third-order valence-corrected chi connectivity index (χ3v) is 2.67. The van der Waals surface area contributed by atoms with E-state index in [1.807, 2.05) is 0 Å². The van der Waals surface area contributed by atoms with E-state index < -0.39 is 24.5 Å². The smallest absolute Gasteiger partial charge is 0.345 e. The topological polar surface area (TPSA) is 99.1 Å². The van der Waals surface area contributed by atoms with Crippen LogP contribution in [0.2, 0.25) is 5.02 Å². The van der Waals surface area contributed by atoms with Crippen LogP contribution in [0.25, 0.3) is 6.08 Å². The van der Waals surface area contributed by atoms with Gasteiger partial charge in [0.25, 0.3) is 0 Å². The lowest BCUT2D eigenvalue weighted by Gasteiger charge is -2.09. The van der Waals surface area contributed by atoms with Crippen LogP contribution < -0.4 is 4.74 Å². The molecule has 0 aliphatic heterocycles. The number of methoxy groups -OCH3 is 2. The van der Waals surface area contributed by atoms with Crippen molar-refractivity contribution in [1.29, 1.82) is 0 Å². The molecule has 8 heteroatoms. The van der Waals surface area contributed by atoms with E-state index in [4.69, 9.17) is 21.4 Å². The molecule has 22 heavy (non-hydrogen) atoms. The molecule has 0 aliphatic rings. The zero-order valence-electron chi connectivity index (χ0n) is 11.8. The van der Waals surface area contributed by atoms with Gasteiger partial charge in [-0.1, -0.05) is 11.6 Å². The number of halogens is 1. The lowest BCUT2D eigenvalue weighted by molar-refractivity contribution is -0.144. The SMILES string of the molecule is COC(=O)C(=Cc1cc(Cl)ccc1OCC(=O)O)C(=O)OC. The maximum absolute atomic E-state index is 11.6. The van der Waals surface area contributed by atoms with Crippen LogP contribution in [0.4, 0.5) is 0 Å². The van der Waals surface area contributed by atoms with Crippen molar-refractivity contribution in [2.24, 2.45) is 0 Å². The third-order valence-electron chi connectivity index (χ3n) is 2.43. The average molecular weight is 329 g/mol. The molecule has 1 aromatic carbocycles. The Morgan fingerprint density at radius 1 is 1.18 bits per heavy atom. The summed E-state index contributed by atoms with van der Waals surface area (Å²) in [5, 5.41) is 8.95. The number of carbonyl (C=O) groups is 3. The second-order valence-electron chi connectivity index (χ2n) is 3.91. The number of carboxylic acid groups (broad SMARTS) is 1. The molecule has 0 saturated carbocycles. The molecule has 0 aliphatic carbocycles. The van der Waals surface area contributed by atoms with Gasteiger partial charge in [-0.3, -0.25) is 0 Å². The number of carbonyl (C=O) groups excluding carboxylic acids is 2. The summed E-state index contributed by atoms with van der Waals surface area (Å²) in [6.07, 6.45) is 1.15. The van der Waals surface area contributed by atoms with Crippen molar-refractivity contribution >= 4 is 35.6 Å². The molecule has 0 spiro atoms. The quantitative estimate of drug-likeness (QED) is 0.366. The summed E-state index contributed by atoms with van der Waals surface area (Å²) in [6.45, 7) is -0.589. The zero-order chi connectivity index (χ0) is 16.7.